The summed E-state index contributed by atoms with van der Waals surface area (Å²) in [4.78, 5) is 9.19. The largest absolute Gasteiger partial charge is 0.356 e. The van der Waals surface area contributed by atoms with Crippen LogP contribution in [0.4, 0.5) is 5.69 Å². The molecule has 2 heterocycles. The highest BCUT2D eigenvalue weighted by Gasteiger charge is 2.32. The molecule has 5 rings (SSSR count). The highest BCUT2D eigenvalue weighted by atomic mass is 32.2. The van der Waals surface area contributed by atoms with Gasteiger partial charge in [-0.3, -0.25) is 9.97 Å². The van der Waals surface area contributed by atoms with Crippen molar-refractivity contribution in [2.45, 2.75) is 56.4 Å². The molecule has 178 valence electrons. The van der Waals surface area contributed by atoms with Crippen molar-refractivity contribution in [3.63, 3.8) is 0 Å². The van der Waals surface area contributed by atoms with Gasteiger partial charge in [0.2, 0.25) is 10.0 Å². The fourth-order valence-electron chi connectivity index (χ4n) is 4.52. The van der Waals surface area contributed by atoms with Gasteiger partial charge in [-0.1, -0.05) is 13.8 Å². The van der Waals surface area contributed by atoms with Crippen LogP contribution in [-0.2, 0) is 16.4 Å². The summed E-state index contributed by atoms with van der Waals surface area (Å²) in [6.45, 7) is 4.40. The molecular weight excluding hydrogens is 466 g/mol. The van der Waals surface area contributed by atoms with Crippen LogP contribution >= 0.6 is 12.2 Å². The molecule has 34 heavy (non-hydrogen) atoms. The van der Waals surface area contributed by atoms with Crippen LogP contribution in [0, 0.1) is 5.92 Å². The SMILES string of the molecule is CC(C)CNS(=O)(=O)c1cc2c(c3cnc(C4CC4)cc13)C(NC(=S)Nc1cccnc1)CC2. The van der Waals surface area contributed by atoms with Crippen molar-refractivity contribution in [1.29, 1.82) is 0 Å². The summed E-state index contributed by atoms with van der Waals surface area (Å²) in [5.74, 6) is 0.656. The molecule has 0 amide bonds. The number of aryl methyl sites for hydroxylation is 1. The van der Waals surface area contributed by atoms with E-state index < -0.39 is 10.0 Å². The zero-order valence-electron chi connectivity index (χ0n) is 19.3. The number of hydrogen-bond acceptors (Lipinski definition) is 5. The minimum absolute atomic E-state index is 0.0249. The second kappa shape index (κ2) is 9.20. The summed E-state index contributed by atoms with van der Waals surface area (Å²) in [6.07, 6.45) is 9.11. The van der Waals surface area contributed by atoms with Crippen LogP contribution in [0.5, 0.6) is 0 Å². The van der Waals surface area contributed by atoms with E-state index in [0.29, 0.717) is 22.5 Å². The van der Waals surface area contributed by atoms with Crippen molar-refractivity contribution < 1.29 is 8.42 Å². The summed E-state index contributed by atoms with van der Waals surface area (Å²) >= 11 is 5.56. The van der Waals surface area contributed by atoms with E-state index in [1.807, 2.05) is 44.3 Å². The number of fused-ring (bicyclic) bond motifs is 3. The molecule has 0 spiro atoms. The Morgan fingerprint density at radius 3 is 2.71 bits per heavy atom. The number of thiocarbonyl (C=S) groups is 1. The molecule has 1 unspecified atom stereocenters. The molecule has 0 saturated heterocycles. The Kier molecular flexibility index (Phi) is 6.26. The van der Waals surface area contributed by atoms with Crippen LogP contribution in [0.25, 0.3) is 10.8 Å². The highest BCUT2D eigenvalue weighted by molar-refractivity contribution is 7.89. The predicted molar refractivity (Wildman–Crippen MR) is 138 cm³/mol. The maximum Gasteiger partial charge on any atom is 0.241 e. The van der Waals surface area contributed by atoms with Crippen molar-refractivity contribution in [1.82, 2.24) is 20.0 Å². The third kappa shape index (κ3) is 4.78. The lowest BCUT2D eigenvalue weighted by atomic mass is 9.99. The first kappa shape index (κ1) is 23.1. The number of benzene rings is 1. The Labute approximate surface area is 205 Å². The first-order chi connectivity index (χ1) is 16.3. The minimum Gasteiger partial charge on any atom is -0.356 e. The van der Waals surface area contributed by atoms with E-state index in [2.05, 4.69) is 20.3 Å². The van der Waals surface area contributed by atoms with E-state index in [1.54, 1.807) is 12.4 Å². The molecule has 2 aliphatic carbocycles. The Morgan fingerprint density at radius 1 is 1.18 bits per heavy atom. The summed E-state index contributed by atoms with van der Waals surface area (Å²) in [5.41, 5.74) is 3.91. The predicted octanol–water partition coefficient (Wildman–Crippen LogP) is 4.42. The van der Waals surface area contributed by atoms with Crippen LogP contribution in [-0.4, -0.2) is 30.0 Å². The van der Waals surface area contributed by atoms with E-state index in [4.69, 9.17) is 17.2 Å². The summed E-state index contributed by atoms with van der Waals surface area (Å²) in [7, 11) is -3.65. The summed E-state index contributed by atoms with van der Waals surface area (Å²) < 4.78 is 29.4. The molecule has 2 aromatic heterocycles. The number of nitrogens with zero attached hydrogens (tertiary/aromatic N) is 2. The average Bonchev–Trinajstić information content (AvgIpc) is 3.59. The maximum atomic E-state index is 13.3. The molecule has 0 bridgehead atoms. The quantitative estimate of drug-likeness (QED) is 0.418. The van der Waals surface area contributed by atoms with Gasteiger partial charge in [0.15, 0.2) is 5.11 Å². The van der Waals surface area contributed by atoms with Gasteiger partial charge in [-0.05, 0) is 79.2 Å². The number of nitrogens with one attached hydrogen (secondary N) is 3. The molecule has 0 aliphatic heterocycles. The van der Waals surface area contributed by atoms with Gasteiger partial charge in [0.1, 0.15) is 0 Å². The van der Waals surface area contributed by atoms with Crippen LogP contribution in [0.1, 0.15) is 61.9 Å². The van der Waals surface area contributed by atoms with Crippen LogP contribution in [0.2, 0.25) is 0 Å². The second-order valence-electron chi connectivity index (χ2n) is 9.55. The van der Waals surface area contributed by atoms with E-state index in [-0.39, 0.29) is 12.0 Å². The smallest absolute Gasteiger partial charge is 0.241 e. The van der Waals surface area contributed by atoms with Gasteiger partial charge in [-0.15, -0.1) is 0 Å². The van der Waals surface area contributed by atoms with Crippen LogP contribution in [0.15, 0.2) is 47.8 Å². The molecule has 0 radical (unpaired) electrons. The minimum atomic E-state index is -3.65. The van der Waals surface area contributed by atoms with Crippen molar-refractivity contribution >= 4 is 43.8 Å². The molecule has 3 aromatic rings. The topological polar surface area (TPSA) is 96.0 Å². The number of rotatable bonds is 7. The molecule has 2 aliphatic rings. The van der Waals surface area contributed by atoms with Gasteiger partial charge >= 0.3 is 0 Å². The Hall–Kier alpha value is -2.62. The number of hydrogen-bond donors (Lipinski definition) is 3. The average molecular weight is 496 g/mol. The number of sulfonamides is 1. The van der Waals surface area contributed by atoms with E-state index in [1.165, 1.54) is 0 Å². The number of aromatic nitrogens is 2. The van der Waals surface area contributed by atoms with Gasteiger partial charge < -0.3 is 10.6 Å². The number of anilines is 1. The molecule has 1 atom stereocenters. The molecule has 9 heteroatoms. The van der Waals surface area contributed by atoms with E-state index in [9.17, 15) is 8.42 Å². The monoisotopic (exact) mass is 495 g/mol. The van der Waals surface area contributed by atoms with E-state index in [0.717, 1.165) is 59.0 Å². The zero-order chi connectivity index (χ0) is 23.9. The van der Waals surface area contributed by atoms with Crippen LogP contribution in [0.3, 0.4) is 0 Å². The second-order valence-corrected chi connectivity index (χ2v) is 11.7. The Morgan fingerprint density at radius 2 is 2.00 bits per heavy atom. The van der Waals surface area contributed by atoms with Gasteiger partial charge in [0.25, 0.3) is 0 Å². The maximum absolute atomic E-state index is 13.3. The van der Waals surface area contributed by atoms with Gasteiger partial charge in [-0.25, -0.2) is 13.1 Å². The van der Waals surface area contributed by atoms with Crippen molar-refractivity contribution in [3.05, 3.63) is 59.7 Å². The highest BCUT2D eigenvalue weighted by Crippen LogP contribution is 2.43. The fraction of sp³-hybridized carbons (Fsp3) is 0.400. The van der Waals surface area contributed by atoms with Crippen molar-refractivity contribution in [3.8, 4) is 0 Å². The zero-order valence-corrected chi connectivity index (χ0v) is 21.0. The van der Waals surface area contributed by atoms with Gasteiger partial charge in [0, 0.05) is 41.3 Å². The molecule has 1 aromatic carbocycles. The Bertz CT molecular complexity index is 1340. The van der Waals surface area contributed by atoms with E-state index >= 15 is 0 Å². The van der Waals surface area contributed by atoms with Gasteiger partial charge in [0.05, 0.1) is 22.8 Å². The fourth-order valence-corrected chi connectivity index (χ4v) is 6.25. The lowest BCUT2D eigenvalue weighted by Gasteiger charge is -2.20. The first-order valence-corrected chi connectivity index (χ1v) is 13.6. The lowest BCUT2D eigenvalue weighted by molar-refractivity contribution is 0.561. The molecule has 1 saturated carbocycles. The normalized spacial score (nSPS) is 17.7. The third-order valence-electron chi connectivity index (χ3n) is 6.37. The third-order valence-corrected chi connectivity index (χ3v) is 8.06. The van der Waals surface area contributed by atoms with Gasteiger partial charge in [-0.2, -0.15) is 0 Å². The lowest BCUT2D eigenvalue weighted by Crippen LogP contribution is -2.31. The standard InChI is InChI=1S/C25H29N5O2S2/c1-15(2)12-28-34(31,32)23-10-17-7-8-21(30-25(33)29-18-4-3-9-26-13-18)24(17)20-14-27-22(11-19(20)23)16-5-6-16/h3-4,9-11,13-16,21,28H,5-8,12H2,1-2H3,(H2,29,30,33). The van der Waals surface area contributed by atoms with Crippen LogP contribution < -0.4 is 15.4 Å². The molecule has 3 N–H and O–H groups in total. The van der Waals surface area contributed by atoms with Crippen molar-refractivity contribution in [2.75, 3.05) is 11.9 Å². The number of pyridine rings is 2. The first-order valence-electron chi connectivity index (χ1n) is 11.7. The molecular formula is C25H29N5O2S2. The molecule has 1 fully saturated rings. The summed E-state index contributed by atoms with van der Waals surface area (Å²) in [5, 5.41) is 8.74. The summed E-state index contributed by atoms with van der Waals surface area (Å²) in [6, 6.07) is 7.57. The molecule has 7 nitrogen and oxygen atoms in total. The Balaban J connectivity index is 1.52. The van der Waals surface area contributed by atoms with Crippen molar-refractivity contribution in [2.24, 2.45) is 5.92 Å².